The number of ether oxygens (including phenoxy) is 1. The molecule has 1 heterocycles. The van der Waals surface area contributed by atoms with Gasteiger partial charge in [0, 0.05) is 19.0 Å². The first-order chi connectivity index (χ1) is 10.9. The lowest BCUT2D eigenvalue weighted by Crippen LogP contribution is -2.13. The van der Waals surface area contributed by atoms with Gasteiger partial charge < -0.3 is 10.1 Å². The molecular formula is C16H16N2O4S. The van der Waals surface area contributed by atoms with Gasteiger partial charge in [-0.05, 0) is 42.0 Å². The second kappa shape index (κ2) is 5.92. The van der Waals surface area contributed by atoms with Crippen LogP contribution in [0.25, 0.3) is 0 Å². The fourth-order valence-corrected chi connectivity index (χ4v) is 3.51. The second-order valence-corrected chi connectivity index (χ2v) is 6.92. The molecule has 0 atom stereocenters. The quantitative estimate of drug-likeness (QED) is 0.900. The lowest BCUT2D eigenvalue weighted by molar-refractivity contribution is -0.114. The van der Waals surface area contributed by atoms with E-state index in [2.05, 4.69) is 10.0 Å². The van der Waals surface area contributed by atoms with Crippen LogP contribution >= 0.6 is 0 Å². The highest BCUT2D eigenvalue weighted by molar-refractivity contribution is 7.92. The molecule has 2 aromatic rings. The van der Waals surface area contributed by atoms with E-state index in [1.165, 1.54) is 13.0 Å². The summed E-state index contributed by atoms with van der Waals surface area (Å²) in [7, 11) is -3.70. The van der Waals surface area contributed by atoms with E-state index in [0.29, 0.717) is 24.4 Å². The molecule has 120 valence electrons. The number of sulfonamides is 1. The molecule has 0 aliphatic carbocycles. The summed E-state index contributed by atoms with van der Waals surface area (Å²) in [5.74, 6) is 0.514. The third-order valence-electron chi connectivity index (χ3n) is 3.41. The molecule has 1 aliphatic rings. The third kappa shape index (κ3) is 3.45. The molecule has 2 aromatic carbocycles. The molecule has 0 radical (unpaired) electrons. The highest BCUT2D eigenvalue weighted by Gasteiger charge is 2.19. The maximum atomic E-state index is 12.5. The van der Waals surface area contributed by atoms with E-state index < -0.39 is 10.0 Å². The predicted octanol–water partition coefficient (Wildman–Crippen LogP) is 2.38. The van der Waals surface area contributed by atoms with Crippen molar-refractivity contribution < 1.29 is 17.9 Å². The van der Waals surface area contributed by atoms with Crippen LogP contribution in [0.1, 0.15) is 12.5 Å². The van der Waals surface area contributed by atoms with Crippen LogP contribution in [0.3, 0.4) is 0 Å². The summed E-state index contributed by atoms with van der Waals surface area (Å²) in [5, 5.41) is 2.61. The van der Waals surface area contributed by atoms with Gasteiger partial charge >= 0.3 is 0 Å². The number of anilines is 2. The summed E-state index contributed by atoms with van der Waals surface area (Å²) in [4.78, 5) is 11.3. The van der Waals surface area contributed by atoms with Gasteiger partial charge in [-0.2, -0.15) is 0 Å². The summed E-state index contributed by atoms with van der Waals surface area (Å²) < 4.78 is 32.9. The Balaban J connectivity index is 1.85. The summed E-state index contributed by atoms with van der Waals surface area (Å²) in [5.41, 5.74) is 1.80. The van der Waals surface area contributed by atoms with Crippen molar-refractivity contribution in [2.75, 3.05) is 16.6 Å². The fourth-order valence-electron chi connectivity index (χ4n) is 2.41. The van der Waals surface area contributed by atoms with Crippen LogP contribution in [0.4, 0.5) is 11.4 Å². The van der Waals surface area contributed by atoms with Gasteiger partial charge in [0.05, 0.1) is 17.2 Å². The van der Waals surface area contributed by atoms with Crippen molar-refractivity contribution in [3.63, 3.8) is 0 Å². The average molecular weight is 332 g/mol. The first kappa shape index (κ1) is 15.4. The normalized spacial score (nSPS) is 13.1. The first-order valence-electron chi connectivity index (χ1n) is 7.10. The van der Waals surface area contributed by atoms with Crippen LogP contribution in [-0.4, -0.2) is 20.9 Å². The van der Waals surface area contributed by atoms with Crippen LogP contribution in [0, 0.1) is 0 Å². The average Bonchev–Trinajstić information content (AvgIpc) is 2.93. The van der Waals surface area contributed by atoms with Crippen LogP contribution in [-0.2, 0) is 21.2 Å². The van der Waals surface area contributed by atoms with Crippen LogP contribution < -0.4 is 14.8 Å². The van der Waals surface area contributed by atoms with Crippen LogP contribution in [0.2, 0.25) is 0 Å². The number of benzene rings is 2. The van der Waals surface area contributed by atoms with E-state index >= 15 is 0 Å². The highest BCUT2D eigenvalue weighted by Crippen LogP contribution is 2.28. The topological polar surface area (TPSA) is 84.5 Å². The molecule has 7 heteroatoms. The Morgan fingerprint density at radius 2 is 1.91 bits per heavy atom. The third-order valence-corrected chi connectivity index (χ3v) is 4.79. The number of fused-ring (bicyclic) bond motifs is 1. The minimum Gasteiger partial charge on any atom is -0.493 e. The van der Waals surface area contributed by atoms with Crippen molar-refractivity contribution in [2.24, 2.45) is 0 Å². The summed E-state index contributed by atoms with van der Waals surface area (Å²) in [6.07, 6.45) is 0.705. The van der Waals surface area contributed by atoms with Crippen molar-refractivity contribution in [1.29, 1.82) is 0 Å². The highest BCUT2D eigenvalue weighted by atomic mass is 32.2. The Morgan fingerprint density at radius 3 is 2.70 bits per heavy atom. The summed E-state index contributed by atoms with van der Waals surface area (Å²) in [6, 6.07) is 11.4. The minimum absolute atomic E-state index is 0.187. The standard InChI is InChI=1S/C16H16N2O4S/c1-11(19)17-13-3-2-4-14(10-13)18-23(20,21)15-5-6-16-12(9-15)7-8-22-16/h2-6,9-10,18H,7-8H2,1H3,(H,17,19). The van der Waals surface area contributed by atoms with Crippen LogP contribution in [0.15, 0.2) is 47.4 Å². The Bertz CT molecular complexity index is 862. The number of carbonyl (C=O) groups excluding carboxylic acids is 1. The molecular weight excluding hydrogens is 316 g/mol. The maximum Gasteiger partial charge on any atom is 0.261 e. The van der Waals surface area contributed by atoms with Crippen molar-refractivity contribution in [2.45, 2.75) is 18.2 Å². The molecule has 2 N–H and O–H groups in total. The van der Waals surface area contributed by atoms with Gasteiger partial charge in [0.1, 0.15) is 5.75 Å². The smallest absolute Gasteiger partial charge is 0.261 e. The summed E-state index contributed by atoms with van der Waals surface area (Å²) in [6.45, 7) is 1.97. The number of hydrogen-bond donors (Lipinski definition) is 2. The van der Waals surface area contributed by atoms with Gasteiger partial charge in [-0.15, -0.1) is 0 Å². The van der Waals surface area contributed by atoms with E-state index in [0.717, 1.165) is 11.3 Å². The molecule has 0 saturated heterocycles. The van der Waals surface area contributed by atoms with Crippen LogP contribution in [0.5, 0.6) is 5.75 Å². The molecule has 0 unspecified atom stereocenters. The van der Waals surface area contributed by atoms with Crippen molar-refractivity contribution in [3.8, 4) is 5.75 Å². The largest absolute Gasteiger partial charge is 0.493 e. The number of carbonyl (C=O) groups is 1. The zero-order chi connectivity index (χ0) is 16.4. The zero-order valence-corrected chi connectivity index (χ0v) is 13.3. The number of amides is 1. The number of rotatable bonds is 4. The van der Waals surface area contributed by atoms with E-state index in [4.69, 9.17) is 4.74 Å². The van der Waals surface area contributed by atoms with Crippen molar-refractivity contribution in [1.82, 2.24) is 0 Å². The Kier molecular flexibility index (Phi) is 3.96. The van der Waals surface area contributed by atoms with Gasteiger partial charge in [-0.1, -0.05) is 6.07 Å². The summed E-state index contributed by atoms with van der Waals surface area (Å²) >= 11 is 0. The monoisotopic (exact) mass is 332 g/mol. The van der Waals surface area contributed by atoms with Crippen molar-refractivity contribution >= 4 is 27.3 Å². The number of nitrogens with one attached hydrogen (secondary N) is 2. The van der Waals surface area contributed by atoms with E-state index in [1.54, 1.807) is 36.4 Å². The predicted molar refractivity (Wildman–Crippen MR) is 87.2 cm³/mol. The van der Waals surface area contributed by atoms with Crippen molar-refractivity contribution in [3.05, 3.63) is 48.0 Å². The molecule has 6 nitrogen and oxygen atoms in total. The van der Waals surface area contributed by atoms with Gasteiger partial charge in [0.2, 0.25) is 5.91 Å². The molecule has 1 amide bonds. The molecule has 0 spiro atoms. The minimum atomic E-state index is -3.70. The van der Waals surface area contributed by atoms with Gasteiger partial charge in [0.15, 0.2) is 0 Å². The Morgan fingerprint density at radius 1 is 1.13 bits per heavy atom. The van der Waals surface area contributed by atoms with Gasteiger partial charge in [0.25, 0.3) is 10.0 Å². The van der Waals surface area contributed by atoms with Gasteiger partial charge in [-0.25, -0.2) is 8.42 Å². The van der Waals surface area contributed by atoms with Gasteiger partial charge in [-0.3, -0.25) is 9.52 Å². The Hall–Kier alpha value is -2.54. The molecule has 1 aliphatic heterocycles. The second-order valence-electron chi connectivity index (χ2n) is 5.24. The molecule has 3 rings (SSSR count). The van der Waals surface area contributed by atoms with E-state index in [1.807, 2.05) is 0 Å². The maximum absolute atomic E-state index is 12.5. The molecule has 0 fully saturated rings. The molecule has 0 aromatic heterocycles. The molecule has 23 heavy (non-hydrogen) atoms. The Labute approximate surface area is 134 Å². The first-order valence-corrected chi connectivity index (χ1v) is 8.58. The molecule has 0 saturated carbocycles. The lowest BCUT2D eigenvalue weighted by Gasteiger charge is -2.10. The zero-order valence-electron chi connectivity index (χ0n) is 12.5. The molecule has 0 bridgehead atoms. The SMILES string of the molecule is CC(=O)Nc1cccc(NS(=O)(=O)c2ccc3c(c2)CCO3)c1. The van der Waals surface area contributed by atoms with E-state index in [-0.39, 0.29) is 10.8 Å². The number of hydrogen-bond acceptors (Lipinski definition) is 4. The van der Waals surface area contributed by atoms with E-state index in [9.17, 15) is 13.2 Å². The fraction of sp³-hybridized carbons (Fsp3) is 0.188. The lowest BCUT2D eigenvalue weighted by atomic mass is 10.2.